The van der Waals surface area contributed by atoms with Crippen LogP contribution in [0.4, 0.5) is 4.39 Å². The summed E-state index contributed by atoms with van der Waals surface area (Å²) in [6.07, 6.45) is 5.08. The van der Waals surface area contributed by atoms with E-state index in [1.54, 1.807) is 12.1 Å². The highest BCUT2D eigenvalue weighted by molar-refractivity contribution is 5.94. The molecule has 130 valence electrons. The summed E-state index contributed by atoms with van der Waals surface area (Å²) in [5, 5.41) is 0.916. The molecule has 3 aromatic rings. The van der Waals surface area contributed by atoms with Crippen molar-refractivity contribution in [3.05, 3.63) is 77.1 Å². The second-order valence-corrected chi connectivity index (χ2v) is 6.56. The van der Waals surface area contributed by atoms with Crippen LogP contribution in [0.25, 0.3) is 10.9 Å². The van der Waals surface area contributed by atoms with Gasteiger partial charge in [-0.1, -0.05) is 12.1 Å². The number of aromatic nitrogens is 1. The molecule has 0 saturated carbocycles. The number of halogens is 1. The van der Waals surface area contributed by atoms with E-state index in [0.29, 0.717) is 24.9 Å². The molecular weight excluding hydrogens is 331 g/mol. The number of fused-ring (bicyclic) bond motifs is 3. The predicted octanol–water partition coefficient (Wildman–Crippen LogP) is 3.24. The van der Waals surface area contributed by atoms with Gasteiger partial charge in [-0.25, -0.2) is 4.39 Å². The first kappa shape index (κ1) is 16.5. The molecule has 4 nitrogen and oxygen atoms in total. The molecular formula is C21H17FN2O2. The lowest BCUT2D eigenvalue weighted by molar-refractivity contribution is -0.119. The number of rotatable bonds is 4. The molecule has 1 unspecified atom stereocenters. The van der Waals surface area contributed by atoms with E-state index in [1.807, 2.05) is 22.8 Å². The van der Waals surface area contributed by atoms with Crippen molar-refractivity contribution in [1.29, 1.82) is 0 Å². The van der Waals surface area contributed by atoms with Crippen LogP contribution in [0.15, 0.2) is 42.5 Å². The minimum atomic E-state index is -0.473. The van der Waals surface area contributed by atoms with Gasteiger partial charge in [-0.05, 0) is 60.7 Å². The quantitative estimate of drug-likeness (QED) is 0.736. The summed E-state index contributed by atoms with van der Waals surface area (Å²) in [6.45, 7) is 0.424. The molecule has 1 atom stereocenters. The fourth-order valence-corrected chi connectivity index (χ4v) is 3.78. The van der Waals surface area contributed by atoms with Crippen molar-refractivity contribution >= 4 is 23.1 Å². The fraction of sp³-hybridized carbons (Fsp3) is 0.190. The summed E-state index contributed by atoms with van der Waals surface area (Å²) in [6, 6.07) is 11.8. The zero-order chi connectivity index (χ0) is 18.3. The fourth-order valence-electron chi connectivity index (χ4n) is 3.78. The maximum absolute atomic E-state index is 13.6. The Labute approximate surface area is 150 Å². The maximum Gasteiger partial charge on any atom is 0.226 e. The SMILES string of the molecule is NC(=O)C1C[C]Cc2c1n(Cc1cccc(F)c1)c1ccc(C=O)cc21. The Kier molecular flexibility index (Phi) is 4.07. The molecule has 2 radical (unpaired) electrons. The van der Waals surface area contributed by atoms with Crippen molar-refractivity contribution in [1.82, 2.24) is 4.57 Å². The minimum absolute atomic E-state index is 0.302. The van der Waals surface area contributed by atoms with Crippen molar-refractivity contribution < 1.29 is 14.0 Å². The number of nitrogens with two attached hydrogens (primary N) is 1. The van der Waals surface area contributed by atoms with E-state index in [0.717, 1.165) is 34.0 Å². The van der Waals surface area contributed by atoms with E-state index in [1.165, 1.54) is 12.1 Å². The van der Waals surface area contributed by atoms with Crippen LogP contribution in [0.1, 0.15) is 39.5 Å². The summed E-state index contributed by atoms with van der Waals surface area (Å²) < 4.78 is 15.6. The Hall–Kier alpha value is -2.95. The number of carbonyl (C=O) groups is 2. The molecule has 1 aliphatic rings. The lowest BCUT2D eigenvalue weighted by atomic mass is 9.86. The van der Waals surface area contributed by atoms with Gasteiger partial charge in [0.05, 0.1) is 5.92 Å². The van der Waals surface area contributed by atoms with Crippen molar-refractivity contribution in [3.8, 4) is 0 Å². The summed E-state index contributed by atoms with van der Waals surface area (Å²) >= 11 is 0. The Morgan fingerprint density at radius 1 is 1.31 bits per heavy atom. The summed E-state index contributed by atoms with van der Waals surface area (Å²) in [5.74, 6) is -1.18. The highest BCUT2D eigenvalue weighted by Crippen LogP contribution is 2.39. The molecule has 0 spiro atoms. The van der Waals surface area contributed by atoms with E-state index in [-0.39, 0.29) is 5.82 Å². The molecule has 0 aliphatic heterocycles. The number of aldehydes is 1. The van der Waals surface area contributed by atoms with Crippen LogP contribution >= 0.6 is 0 Å². The Balaban J connectivity index is 1.96. The number of amides is 1. The standard InChI is InChI=1S/C21H17FN2O2/c22-15-4-1-3-13(9-15)11-24-19-8-7-14(12-25)10-18(19)16-5-2-6-17(20(16)24)21(23)26/h1,3-4,7-10,12,17H,5-6,11H2,(H2,23,26). The lowest BCUT2D eigenvalue weighted by Crippen LogP contribution is -2.27. The van der Waals surface area contributed by atoms with Crippen LogP contribution in [0.3, 0.4) is 0 Å². The monoisotopic (exact) mass is 348 g/mol. The Bertz CT molecular complexity index is 1020. The van der Waals surface area contributed by atoms with Crippen molar-refractivity contribution in [2.45, 2.75) is 25.3 Å². The second-order valence-electron chi connectivity index (χ2n) is 6.56. The van der Waals surface area contributed by atoms with Crippen LogP contribution in [0.5, 0.6) is 0 Å². The molecule has 1 heterocycles. The van der Waals surface area contributed by atoms with E-state index in [2.05, 4.69) is 6.42 Å². The molecule has 2 aromatic carbocycles. The van der Waals surface area contributed by atoms with E-state index >= 15 is 0 Å². The molecule has 26 heavy (non-hydrogen) atoms. The molecule has 5 heteroatoms. The van der Waals surface area contributed by atoms with Crippen molar-refractivity contribution in [2.24, 2.45) is 5.73 Å². The first-order chi connectivity index (χ1) is 12.6. The first-order valence-corrected chi connectivity index (χ1v) is 8.43. The van der Waals surface area contributed by atoms with Gasteiger partial charge in [-0.3, -0.25) is 9.59 Å². The molecule has 1 aliphatic carbocycles. The van der Waals surface area contributed by atoms with Crippen LogP contribution in [0.2, 0.25) is 0 Å². The Morgan fingerprint density at radius 2 is 2.15 bits per heavy atom. The van der Waals surface area contributed by atoms with Gasteiger partial charge in [-0.2, -0.15) is 0 Å². The zero-order valence-electron chi connectivity index (χ0n) is 14.0. The number of hydrogen-bond acceptors (Lipinski definition) is 2. The van der Waals surface area contributed by atoms with Gasteiger partial charge >= 0.3 is 0 Å². The number of nitrogens with zero attached hydrogens (tertiary/aromatic N) is 1. The van der Waals surface area contributed by atoms with Gasteiger partial charge in [0.15, 0.2) is 0 Å². The predicted molar refractivity (Wildman–Crippen MR) is 96.3 cm³/mol. The average Bonchev–Trinajstić information content (AvgIpc) is 2.95. The van der Waals surface area contributed by atoms with Gasteiger partial charge in [0.1, 0.15) is 12.1 Å². The molecule has 0 saturated heterocycles. The highest BCUT2D eigenvalue weighted by atomic mass is 19.1. The highest BCUT2D eigenvalue weighted by Gasteiger charge is 2.31. The maximum atomic E-state index is 13.6. The van der Waals surface area contributed by atoms with E-state index in [4.69, 9.17) is 5.73 Å². The molecule has 0 bridgehead atoms. The van der Waals surface area contributed by atoms with E-state index < -0.39 is 11.8 Å². The van der Waals surface area contributed by atoms with Crippen LogP contribution in [0, 0.1) is 12.2 Å². The van der Waals surface area contributed by atoms with Gasteiger partial charge in [0.2, 0.25) is 5.91 Å². The van der Waals surface area contributed by atoms with E-state index in [9.17, 15) is 14.0 Å². The number of primary amides is 1. The third-order valence-electron chi connectivity index (χ3n) is 4.93. The van der Waals surface area contributed by atoms with Crippen LogP contribution in [-0.2, 0) is 17.8 Å². The molecule has 4 rings (SSSR count). The Morgan fingerprint density at radius 3 is 2.88 bits per heavy atom. The minimum Gasteiger partial charge on any atom is -0.369 e. The first-order valence-electron chi connectivity index (χ1n) is 8.43. The molecule has 2 N–H and O–H groups in total. The summed E-state index contributed by atoms with van der Waals surface area (Å²) in [5.41, 5.74) is 9.72. The smallest absolute Gasteiger partial charge is 0.226 e. The third-order valence-corrected chi connectivity index (χ3v) is 4.93. The van der Waals surface area contributed by atoms with Gasteiger partial charge in [0, 0.05) is 28.7 Å². The lowest BCUT2D eigenvalue weighted by Gasteiger charge is -2.23. The molecule has 0 fully saturated rings. The zero-order valence-corrected chi connectivity index (χ0v) is 14.0. The van der Waals surface area contributed by atoms with Crippen molar-refractivity contribution in [3.63, 3.8) is 0 Å². The number of benzene rings is 2. The number of carbonyl (C=O) groups excluding carboxylic acids is 2. The topological polar surface area (TPSA) is 65.1 Å². The van der Waals surface area contributed by atoms with Crippen LogP contribution < -0.4 is 5.73 Å². The molecule has 1 aromatic heterocycles. The van der Waals surface area contributed by atoms with Gasteiger partial charge in [0.25, 0.3) is 0 Å². The third kappa shape index (κ3) is 2.69. The summed E-state index contributed by atoms with van der Waals surface area (Å²) in [4.78, 5) is 23.2. The van der Waals surface area contributed by atoms with Crippen molar-refractivity contribution in [2.75, 3.05) is 0 Å². The normalized spacial score (nSPS) is 16.4. The average molecular weight is 348 g/mol. The van der Waals surface area contributed by atoms with Gasteiger partial charge in [-0.15, -0.1) is 0 Å². The van der Waals surface area contributed by atoms with Gasteiger partial charge < -0.3 is 10.3 Å². The molecule has 1 amide bonds. The number of hydrogen-bond donors (Lipinski definition) is 1. The second kappa shape index (κ2) is 6.41. The van der Waals surface area contributed by atoms with Crippen LogP contribution in [-0.4, -0.2) is 16.8 Å². The summed E-state index contributed by atoms with van der Waals surface area (Å²) in [7, 11) is 0. The largest absolute Gasteiger partial charge is 0.369 e.